The third-order valence-electron chi connectivity index (χ3n) is 2.29. The zero-order valence-electron chi connectivity index (χ0n) is 10.00. The molecule has 19 heavy (non-hydrogen) atoms. The first kappa shape index (κ1) is 12.6. The van der Waals surface area contributed by atoms with Gasteiger partial charge in [-0.25, -0.2) is 9.59 Å². The molecule has 1 aliphatic rings. The number of para-hydroxylation sites is 1. The van der Waals surface area contributed by atoms with Gasteiger partial charge in [0.15, 0.2) is 0 Å². The van der Waals surface area contributed by atoms with Crippen molar-refractivity contribution in [1.29, 1.82) is 0 Å². The molecule has 0 saturated carbocycles. The standard InChI is InChI=1S/C8H5NO3.C6H7N/c10-7-5-3-1-2-4-6(5)9-8(11)12-7;1-2-4-6-7-5-3-1/h1-4H,(H,9,11);1-7H. The Hall–Kier alpha value is -2.82. The lowest BCUT2D eigenvalue weighted by atomic mass is 10.2. The predicted octanol–water partition coefficient (Wildman–Crippen LogP) is 1.65. The number of nitrogens with one attached hydrogen (secondary N) is 2. The van der Waals surface area contributed by atoms with E-state index in [2.05, 4.69) is 14.7 Å². The first-order chi connectivity index (χ1) is 9.27. The van der Waals surface area contributed by atoms with E-state index >= 15 is 0 Å². The number of benzene rings is 1. The summed E-state index contributed by atoms with van der Waals surface area (Å²) in [5.74, 6) is -0.723. The fourth-order valence-corrected chi connectivity index (χ4v) is 1.45. The van der Waals surface area contributed by atoms with Gasteiger partial charge >= 0.3 is 11.4 Å². The Kier molecular flexibility index (Phi) is 4.12. The number of hydrogen-bond donors (Lipinski definition) is 2. The van der Waals surface area contributed by atoms with Crippen LogP contribution in [0.1, 0.15) is 0 Å². The van der Waals surface area contributed by atoms with E-state index in [1.54, 1.807) is 24.3 Å². The molecule has 1 aromatic heterocycles. The predicted molar refractivity (Wildman–Crippen MR) is 73.7 cm³/mol. The molecule has 0 spiro atoms. The highest BCUT2D eigenvalue weighted by molar-refractivity contribution is 5.76. The summed E-state index contributed by atoms with van der Waals surface area (Å²) in [6.45, 7) is 0. The lowest BCUT2D eigenvalue weighted by molar-refractivity contribution is 0.460. The van der Waals surface area contributed by atoms with Crippen molar-refractivity contribution in [3.05, 3.63) is 81.9 Å². The third-order valence-corrected chi connectivity index (χ3v) is 2.29. The molecular formula is C14H12N2O3. The molecule has 1 aromatic carbocycles. The molecule has 0 aliphatic carbocycles. The molecular weight excluding hydrogens is 244 g/mol. The van der Waals surface area contributed by atoms with Gasteiger partial charge in [0.05, 0.1) is 10.9 Å². The maximum Gasteiger partial charge on any atom is 0.419 e. The average Bonchev–Trinajstić information content (AvgIpc) is 2.71. The van der Waals surface area contributed by atoms with E-state index in [0.29, 0.717) is 10.9 Å². The van der Waals surface area contributed by atoms with Crippen LogP contribution in [0, 0.1) is 0 Å². The topological polar surface area (TPSA) is 75.1 Å². The molecule has 0 atom stereocenters. The van der Waals surface area contributed by atoms with Gasteiger partial charge in [-0.1, -0.05) is 24.3 Å². The van der Waals surface area contributed by atoms with E-state index in [9.17, 15) is 9.59 Å². The SMILES string of the molecule is C1=CC=CNC=C1.O=c1[nH]c2ccccc2c(=O)o1. The van der Waals surface area contributed by atoms with E-state index in [1.165, 1.54) is 0 Å². The fourth-order valence-electron chi connectivity index (χ4n) is 1.45. The molecule has 2 aromatic rings. The van der Waals surface area contributed by atoms with E-state index in [0.717, 1.165) is 0 Å². The molecule has 96 valence electrons. The van der Waals surface area contributed by atoms with Gasteiger partial charge in [-0.2, -0.15) is 0 Å². The van der Waals surface area contributed by atoms with Gasteiger partial charge in [0.25, 0.3) is 0 Å². The summed E-state index contributed by atoms with van der Waals surface area (Å²) >= 11 is 0. The molecule has 5 heteroatoms. The van der Waals surface area contributed by atoms with Gasteiger partial charge < -0.3 is 9.73 Å². The zero-order valence-corrected chi connectivity index (χ0v) is 10.00. The van der Waals surface area contributed by atoms with Crippen LogP contribution in [0.2, 0.25) is 0 Å². The highest BCUT2D eigenvalue weighted by Gasteiger charge is 1.98. The molecule has 0 amide bonds. The highest BCUT2D eigenvalue weighted by atomic mass is 16.4. The van der Waals surface area contributed by atoms with Crippen molar-refractivity contribution in [2.45, 2.75) is 0 Å². The minimum atomic E-state index is -0.723. The Morgan fingerprint density at radius 3 is 2.32 bits per heavy atom. The summed E-state index contributed by atoms with van der Waals surface area (Å²) in [4.78, 5) is 24.1. The molecule has 0 fully saturated rings. The lowest BCUT2D eigenvalue weighted by Crippen LogP contribution is -2.13. The van der Waals surface area contributed by atoms with Crippen LogP contribution < -0.4 is 16.7 Å². The first-order valence-corrected chi connectivity index (χ1v) is 5.64. The molecule has 0 radical (unpaired) electrons. The largest absolute Gasteiger partial charge is 0.419 e. The summed E-state index contributed by atoms with van der Waals surface area (Å²) in [5.41, 5.74) is -0.104. The maximum atomic E-state index is 11.0. The number of fused-ring (bicyclic) bond motifs is 1. The monoisotopic (exact) mass is 256 g/mol. The van der Waals surface area contributed by atoms with Gasteiger partial charge in [0, 0.05) is 12.4 Å². The Bertz CT molecular complexity index is 737. The van der Waals surface area contributed by atoms with Crippen LogP contribution in [0.15, 0.2) is 75.0 Å². The first-order valence-electron chi connectivity index (χ1n) is 5.64. The summed E-state index contributed by atoms with van der Waals surface area (Å²) in [5, 5.41) is 3.31. The van der Waals surface area contributed by atoms with E-state index in [4.69, 9.17) is 0 Å². The maximum absolute atomic E-state index is 11.0. The number of aromatic nitrogens is 1. The average molecular weight is 256 g/mol. The van der Waals surface area contributed by atoms with Crippen molar-refractivity contribution < 1.29 is 4.42 Å². The van der Waals surface area contributed by atoms with E-state index < -0.39 is 11.4 Å². The van der Waals surface area contributed by atoms with E-state index in [1.807, 2.05) is 36.7 Å². The van der Waals surface area contributed by atoms with Crippen LogP contribution in [0.25, 0.3) is 10.9 Å². The van der Waals surface area contributed by atoms with Crippen LogP contribution in [-0.4, -0.2) is 4.98 Å². The van der Waals surface area contributed by atoms with Crippen molar-refractivity contribution in [2.75, 3.05) is 0 Å². The van der Waals surface area contributed by atoms with Gasteiger partial charge in [-0.15, -0.1) is 0 Å². The van der Waals surface area contributed by atoms with Crippen LogP contribution in [0.5, 0.6) is 0 Å². The fraction of sp³-hybridized carbons (Fsp3) is 0. The Balaban J connectivity index is 0.000000163. The van der Waals surface area contributed by atoms with Crippen LogP contribution in [-0.2, 0) is 0 Å². The number of rotatable bonds is 0. The minimum Gasteiger partial charge on any atom is -0.372 e. The summed E-state index contributed by atoms with van der Waals surface area (Å²) in [7, 11) is 0. The molecule has 1 aliphatic heterocycles. The molecule has 0 saturated heterocycles. The van der Waals surface area contributed by atoms with Gasteiger partial charge in [0.1, 0.15) is 0 Å². The molecule has 0 unspecified atom stereocenters. The quantitative estimate of drug-likeness (QED) is 0.751. The smallest absolute Gasteiger partial charge is 0.372 e. The zero-order chi connectivity index (χ0) is 13.5. The van der Waals surface area contributed by atoms with E-state index in [-0.39, 0.29) is 0 Å². The molecule has 0 bridgehead atoms. The minimum absolute atomic E-state index is 0.386. The van der Waals surface area contributed by atoms with Gasteiger partial charge in [0.2, 0.25) is 0 Å². The van der Waals surface area contributed by atoms with Gasteiger partial charge in [-0.3, -0.25) is 4.98 Å². The molecule has 3 rings (SSSR count). The number of allylic oxidation sites excluding steroid dienone is 4. The summed E-state index contributed by atoms with van der Waals surface area (Å²) in [6.07, 6.45) is 11.6. The lowest BCUT2D eigenvalue weighted by Gasteiger charge is -1.91. The van der Waals surface area contributed by atoms with Crippen LogP contribution >= 0.6 is 0 Å². The number of H-pyrrole nitrogens is 1. The molecule has 2 heterocycles. The normalized spacial score (nSPS) is 12.4. The Morgan fingerprint density at radius 1 is 0.895 bits per heavy atom. The molecule has 5 nitrogen and oxygen atoms in total. The van der Waals surface area contributed by atoms with Crippen molar-refractivity contribution in [1.82, 2.24) is 10.3 Å². The third kappa shape index (κ3) is 3.57. The second-order valence-corrected chi connectivity index (χ2v) is 3.62. The number of hydrogen-bond acceptors (Lipinski definition) is 4. The summed E-state index contributed by atoms with van der Waals surface area (Å²) < 4.78 is 4.32. The van der Waals surface area contributed by atoms with Crippen molar-refractivity contribution >= 4 is 10.9 Å². The number of aromatic amines is 1. The Labute approximate surface area is 108 Å². The molecule has 2 N–H and O–H groups in total. The highest BCUT2D eigenvalue weighted by Crippen LogP contribution is 2.01. The van der Waals surface area contributed by atoms with Gasteiger partial charge in [-0.05, 0) is 24.3 Å². The van der Waals surface area contributed by atoms with Crippen molar-refractivity contribution in [3.63, 3.8) is 0 Å². The second kappa shape index (κ2) is 6.20. The second-order valence-electron chi connectivity index (χ2n) is 3.62. The summed E-state index contributed by atoms with van der Waals surface area (Å²) in [6, 6.07) is 6.68. The Morgan fingerprint density at radius 2 is 1.58 bits per heavy atom. The van der Waals surface area contributed by atoms with Crippen molar-refractivity contribution in [2.24, 2.45) is 0 Å². The van der Waals surface area contributed by atoms with Crippen LogP contribution in [0.3, 0.4) is 0 Å². The van der Waals surface area contributed by atoms with Crippen LogP contribution in [0.4, 0.5) is 0 Å². The van der Waals surface area contributed by atoms with Crippen molar-refractivity contribution in [3.8, 4) is 0 Å².